The van der Waals surface area contributed by atoms with Crippen molar-refractivity contribution in [3.8, 4) is 11.5 Å². The fourth-order valence-electron chi connectivity index (χ4n) is 2.36. The van der Waals surface area contributed by atoms with Crippen LogP contribution < -0.4 is 25.4 Å². The van der Waals surface area contributed by atoms with E-state index in [1.54, 1.807) is 34.9 Å². The van der Waals surface area contributed by atoms with Crippen LogP contribution in [0, 0.1) is 0 Å². The summed E-state index contributed by atoms with van der Waals surface area (Å²) in [5, 5.41) is 2.87. The smallest absolute Gasteiger partial charge is 0.229 e. The van der Waals surface area contributed by atoms with Crippen LogP contribution in [-0.4, -0.2) is 53.9 Å². The Morgan fingerprint density at radius 2 is 2.00 bits per heavy atom. The molecule has 2 aromatic rings. The van der Waals surface area contributed by atoms with Gasteiger partial charge in [0, 0.05) is 38.0 Å². The molecule has 0 spiro atoms. The van der Waals surface area contributed by atoms with Crippen LogP contribution in [0.5, 0.6) is 11.5 Å². The van der Waals surface area contributed by atoms with E-state index in [4.69, 9.17) is 15.2 Å². The minimum Gasteiger partial charge on any atom is -0.486 e. The number of nitrogens with zero attached hydrogens (tertiary/aromatic N) is 4. The fraction of sp³-hybridized carbons (Fsp3) is 0.412. The third-order valence-corrected chi connectivity index (χ3v) is 4.57. The van der Waals surface area contributed by atoms with Gasteiger partial charge in [-0.05, 0) is 12.1 Å². The molecule has 1 amide bonds. The molecule has 0 saturated heterocycles. The van der Waals surface area contributed by atoms with Crippen LogP contribution in [0.3, 0.4) is 0 Å². The Hall–Kier alpha value is -2.75. The lowest BCUT2D eigenvalue weighted by atomic mass is 10.2. The van der Waals surface area contributed by atoms with Crippen LogP contribution in [0.2, 0.25) is 0 Å². The number of nitrogens with one attached hydrogen (secondary N) is 1. The van der Waals surface area contributed by atoms with E-state index in [1.165, 1.54) is 0 Å². The third-order valence-electron chi connectivity index (χ3n) is 3.62. The lowest BCUT2D eigenvalue weighted by molar-refractivity contribution is -0.115. The number of amides is 1. The van der Waals surface area contributed by atoms with Gasteiger partial charge in [0.1, 0.15) is 19.0 Å². The van der Waals surface area contributed by atoms with Crippen molar-refractivity contribution in [2.24, 2.45) is 0 Å². The number of fused-ring (bicyclic) bond motifs is 1. The number of anilines is 3. The molecule has 1 aliphatic rings. The number of carbonyl (C=O) groups is 1. The molecule has 144 valence electrons. The SMILES string of the molecule is CN(C)c1nc(N)nc(CSCCC(=O)Nc2ccc3c(c2)OCCO3)n1. The van der Waals surface area contributed by atoms with Crippen LogP contribution in [0.15, 0.2) is 18.2 Å². The second-order valence-electron chi connectivity index (χ2n) is 6.01. The number of ether oxygens (including phenoxy) is 2. The molecule has 1 aromatic heterocycles. The van der Waals surface area contributed by atoms with Gasteiger partial charge in [0.2, 0.25) is 17.8 Å². The van der Waals surface area contributed by atoms with Crippen molar-refractivity contribution in [2.45, 2.75) is 12.2 Å². The van der Waals surface area contributed by atoms with Crippen molar-refractivity contribution in [3.05, 3.63) is 24.0 Å². The minimum absolute atomic E-state index is 0.0664. The number of rotatable bonds is 7. The highest BCUT2D eigenvalue weighted by molar-refractivity contribution is 7.98. The first kappa shape index (κ1) is 19.0. The first-order valence-corrected chi connectivity index (χ1v) is 9.62. The van der Waals surface area contributed by atoms with Crippen LogP contribution in [0.1, 0.15) is 12.2 Å². The predicted octanol–water partition coefficient (Wildman–Crippen LogP) is 1.55. The van der Waals surface area contributed by atoms with Crippen molar-refractivity contribution < 1.29 is 14.3 Å². The second kappa shape index (κ2) is 8.76. The number of nitrogen functional groups attached to an aromatic ring is 1. The van der Waals surface area contributed by atoms with E-state index in [9.17, 15) is 4.79 Å². The number of hydrogen-bond acceptors (Lipinski definition) is 9. The molecule has 3 N–H and O–H groups in total. The summed E-state index contributed by atoms with van der Waals surface area (Å²) in [7, 11) is 3.68. The average molecular weight is 390 g/mol. The summed E-state index contributed by atoms with van der Waals surface area (Å²) in [5.74, 6) is 3.80. The van der Waals surface area contributed by atoms with Gasteiger partial charge in [-0.25, -0.2) is 0 Å². The van der Waals surface area contributed by atoms with E-state index in [1.807, 2.05) is 14.1 Å². The van der Waals surface area contributed by atoms with Crippen molar-refractivity contribution in [1.82, 2.24) is 15.0 Å². The number of benzene rings is 1. The van der Waals surface area contributed by atoms with E-state index >= 15 is 0 Å². The zero-order valence-electron chi connectivity index (χ0n) is 15.3. The summed E-state index contributed by atoms with van der Waals surface area (Å²) < 4.78 is 11.0. The Balaban J connectivity index is 1.45. The summed E-state index contributed by atoms with van der Waals surface area (Å²) in [6.07, 6.45) is 0.375. The van der Waals surface area contributed by atoms with E-state index in [2.05, 4.69) is 20.3 Å². The van der Waals surface area contributed by atoms with E-state index in [0.29, 0.717) is 60.1 Å². The lowest BCUT2D eigenvalue weighted by Crippen LogP contribution is -2.17. The van der Waals surface area contributed by atoms with Gasteiger partial charge in [0.05, 0.1) is 5.75 Å². The van der Waals surface area contributed by atoms with Crippen LogP contribution >= 0.6 is 11.8 Å². The molecule has 0 bridgehead atoms. The molecule has 3 rings (SSSR count). The van der Waals surface area contributed by atoms with Gasteiger partial charge >= 0.3 is 0 Å². The summed E-state index contributed by atoms with van der Waals surface area (Å²) in [5.41, 5.74) is 6.39. The number of thioether (sulfide) groups is 1. The molecule has 9 nitrogen and oxygen atoms in total. The molecule has 0 unspecified atom stereocenters. The summed E-state index contributed by atoms with van der Waals surface area (Å²) in [6, 6.07) is 5.37. The monoisotopic (exact) mass is 390 g/mol. The fourth-order valence-corrected chi connectivity index (χ4v) is 3.15. The minimum atomic E-state index is -0.0664. The van der Waals surface area contributed by atoms with Crippen molar-refractivity contribution in [1.29, 1.82) is 0 Å². The molecule has 10 heteroatoms. The highest BCUT2D eigenvalue weighted by Gasteiger charge is 2.13. The summed E-state index contributed by atoms with van der Waals surface area (Å²) in [6.45, 7) is 1.05. The Kier molecular flexibility index (Phi) is 6.17. The molecule has 27 heavy (non-hydrogen) atoms. The van der Waals surface area contributed by atoms with Crippen LogP contribution in [0.4, 0.5) is 17.6 Å². The van der Waals surface area contributed by atoms with E-state index in [0.717, 1.165) is 0 Å². The average Bonchev–Trinajstić information content (AvgIpc) is 2.64. The Morgan fingerprint density at radius 3 is 2.78 bits per heavy atom. The molecule has 0 radical (unpaired) electrons. The van der Waals surface area contributed by atoms with Gasteiger partial charge < -0.3 is 25.4 Å². The molecule has 1 aromatic carbocycles. The number of aromatic nitrogens is 3. The number of nitrogens with two attached hydrogens (primary N) is 1. The van der Waals surface area contributed by atoms with Gasteiger partial charge in [0.25, 0.3) is 0 Å². The third kappa shape index (κ3) is 5.36. The zero-order chi connectivity index (χ0) is 19.2. The molecule has 0 fully saturated rings. The highest BCUT2D eigenvalue weighted by atomic mass is 32.2. The summed E-state index contributed by atoms with van der Waals surface area (Å²) in [4.78, 5) is 26.4. The molecule has 0 saturated carbocycles. The topological polar surface area (TPSA) is 115 Å². The van der Waals surface area contributed by atoms with Gasteiger partial charge in [-0.2, -0.15) is 26.7 Å². The zero-order valence-corrected chi connectivity index (χ0v) is 16.1. The van der Waals surface area contributed by atoms with E-state index < -0.39 is 0 Å². The first-order chi connectivity index (χ1) is 13.0. The predicted molar refractivity (Wildman–Crippen MR) is 105 cm³/mol. The maximum atomic E-state index is 12.1. The molecule has 0 atom stereocenters. The number of hydrogen-bond donors (Lipinski definition) is 2. The Labute approximate surface area is 161 Å². The maximum Gasteiger partial charge on any atom is 0.229 e. The maximum absolute atomic E-state index is 12.1. The van der Waals surface area contributed by atoms with Gasteiger partial charge in [-0.15, -0.1) is 0 Å². The van der Waals surface area contributed by atoms with Gasteiger partial charge in [-0.1, -0.05) is 0 Å². The standard InChI is InChI=1S/C17H22N6O3S/c1-23(2)17-21-14(20-16(18)22-17)10-27-8-5-15(24)19-11-3-4-12-13(9-11)26-7-6-25-12/h3-4,9H,5-8,10H2,1-2H3,(H,19,24)(H2,18,20,21,22). The summed E-state index contributed by atoms with van der Waals surface area (Å²) >= 11 is 1.56. The van der Waals surface area contributed by atoms with E-state index in [-0.39, 0.29) is 11.9 Å². The largest absolute Gasteiger partial charge is 0.486 e. The van der Waals surface area contributed by atoms with Crippen molar-refractivity contribution in [2.75, 3.05) is 49.0 Å². The lowest BCUT2D eigenvalue weighted by Gasteiger charge is -2.19. The number of carbonyl (C=O) groups excluding carboxylic acids is 1. The second-order valence-corrected chi connectivity index (χ2v) is 7.12. The Morgan fingerprint density at radius 1 is 1.22 bits per heavy atom. The van der Waals surface area contributed by atoms with Gasteiger partial charge in [0.15, 0.2) is 11.5 Å². The quantitative estimate of drug-likeness (QED) is 0.679. The normalized spacial score (nSPS) is 12.5. The Bertz CT molecular complexity index is 817. The highest BCUT2D eigenvalue weighted by Crippen LogP contribution is 2.32. The molecule has 2 heterocycles. The van der Waals surface area contributed by atoms with Crippen molar-refractivity contribution >= 4 is 35.3 Å². The molecular formula is C17H22N6O3S. The van der Waals surface area contributed by atoms with Crippen molar-refractivity contribution in [3.63, 3.8) is 0 Å². The molecule has 1 aliphatic heterocycles. The van der Waals surface area contributed by atoms with Crippen LogP contribution in [-0.2, 0) is 10.5 Å². The van der Waals surface area contributed by atoms with Gasteiger partial charge in [-0.3, -0.25) is 4.79 Å². The molecular weight excluding hydrogens is 368 g/mol. The molecule has 0 aliphatic carbocycles. The van der Waals surface area contributed by atoms with Crippen LogP contribution in [0.25, 0.3) is 0 Å². The first-order valence-electron chi connectivity index (χ1n) is 8.46.